The Kier molecular flexibility index (Phi) is 4.15. The largest absolute Gasteiger partial charge is 0.393 e. The van der Waals surface area contributed by atoms with Crippen molar-refractivity contribution in [2.24, 2.45) is 5.92 Å². The molecule has 3 heterocycles. The van der Waals surface area contributed by atoms with Crippen molar-refractivity contribution < 1.29 is 9.90 Å². The Hall–Kier alpha value is -2.80. The third kappa shape index (κ3) is 3.36. The topological polar surface area (TPSA) is 92.4 Å². The van der Waals surface area contributed by atoms with Gasteiger partial charge in [0.15, 0.2) is 5.65 Å². The maximum Gasteiger partial charge on any atom is 0.251 e. The Morgan fingerprint density at radius 2 is 2.24 bits per heavy atom. The number of nitrogens with zero attached hydrogens (tertiary/aromatic N) is 4. The molecule has 7 nitrogen and oxygen atoms in total. The summed E-state index contributed by atoms with van der Waals surface area (Å²) in [5, 5.41) is 20.5. The Labute approximate surface area is 144 Å². The molecule has 1 amide bonds. The molecule has 4 rings (SSSR count). The van der Waals surface area contributed by atoms with Crippen LogP contribution in [0.2, 0.25) is 0 Å². The molecule has 3 aromatic heterocycles. The van der Waals surface area contributed by atoms with Crippen LogP contribution in [0, 0.1) is 5.92 Å². The number of rotatable bonds is 5. The predicted molar refractivity (Wildman–Crippen MR) is 90.9 cm³/mol. The first-order chi connectivity index (χ1) is 12.2. The molecule has 0 saturated heterocycles. The van der Waals surface area contributed by atoms with Gasteiger partial charge in [0, 0.05) is 36.1 Å². The molecule has 0 radical (unpaired) electrons. The molecule has 0 bridgehead atoms. The van der Waals surface area contributed by atoms with E-state index in [9.17, 15) is 9.90 Å². The summed E-state index contributed by atoms with van der Waals surface area (Å²) in [5.41, 5.74) is 2.11. The van der Waals surface area contributed by atoms with Crippen LogP contribution in [0.3, 0.4) is 0 Å². The normalized spacial score (nSPS) is 20.8. The highest BCUT2D eigenvalue weighted by atomic mass is 16.3. The van der Waals surface area contributed by atoms with E-state index < -0.39 is 0 Å². The molecule has 0 spiro atoms. The van der Waals surface area contributed by atoms with E-state index in [2.05, 4.69) is 20.5 Å². The summed E-state index contributed by atoms with van der Waals surface area (Å²) in [6.07, 6.45) is 6.92. The minimum Gasteiger partial charge on any atom is -0.393 e. The van der Waals surface area contributed by atoms with Gasteiger partial charge in [-0.05, 0) is 43.0 Å². The second-order valence-corrected chi connectivity index (χ2v) is 6.50. The van der Waals surface area contributed by atoms with Crippen LogP contribution in [0.4, 0.5) is 0 Å². The van der Waals surface area contributed by atoms with Crippen LogP contribution in [-0.4, -0.2) is 42.7 Å². The molecule has 1 fully saturated rings. The number of carbonyl (C=O) groups is 1. The van der Waals surface area contributed by atoms with Crippen molar-refractivity contribution in [2.45, 2.75) is 31.4 Å². The van der Waals surface area contributed by atoms with E-state index in [4.69, 9.17) is 0 Å². The van der Waals surface area contributed by atoms with Gasteiger partial charge in [0.2, 0.25) is 0 Å². The maximum absolute atomic E-state index is 12.7. The molecule has 128 valence electrons. The van der Waals surface area contributed by atoms with Gasteiger partial charge in [0.05, 0.1) is 6.10 Å². The van der Waals surface area contributed by atoms with E-state index in [-0.39, 0.29) is 24.0 Å². The first-order valence-corrected chi connectivity index (χ1v) is 8.37. The first kappa shape index (κ1) is 15.7. The van der Waals surface area contributed by atoms with Gasteiger partial charge < -0.3 is 10.4 Å². The van der Waals surface area contributed by atoms with Crippen LogP contribution < -0.4 is 5.32 Å². The highest BCUT2D eigenvalue weighted by molar-refractivity contribution is 5.95. The molecule has 3 aromatic rings. The number of aliphatic hydroxyl groups excluding tert-OH is 1. The zero-order chi connectivity index (χ0) is 17.2. The third-order valence-corrected chi connectivity index (χ3v) is 4.75. The molecule has 2 N–H and O–H groups in total. The van der Waals surface area contributed by atoms with Gasteiger partial charge in [-0.1, -0.05) is 6.07 Å². The van der Waals surface area contributed by atoms with Crippen LogP contribution in [0.5, 0.6) is 0 Å². The van der Waals surface area contributed by atoms with Crippen LogP contribution in [-0.2, 0) is 6.42 Å². The average Bonchev–Trinajstić information content (AvgIpc) is 3.07. The van der Waals surface area contributed by atoms with Crippen LogP contribution in [0.1, 0.15) is 28.9 Å². The van der Waals surface area contributed by atoms with Crippen molar-refractivity contribution in [3.05, 3.63) is 60.3 Å². The van der Waals surface area contributed by atoms with E-state index in [1.807, 2.05) is 18.2 Å². The number of fused-ring (bicyclic) bond motifs is 1. The molecule has 0 unspecified atom stereocenters. The summed E-state index contributed by atoms with van der Waals surface area (Å²) in [4.78, 5) is 17.0. The fourth-order valence-corrected chi connectivity index (χ4v) is 3.25. The van der Waals surface area contributed by atoms with Crippen LogP contribution >= 0.6 is 0 Å². The van der Waals surface area contributed by atoms with Gasteiger partial charge >= 0.3 is 0 Å². The zero-order valence-corrected chi connectivity index (χ0v) is 13.6. The monoisotopic (exact) mass is 337 g/mol. The summed E-state index contributed by atoms with van der Waals surface area (Å²) in [7, 11) is 0. The van der Waals surface area contributed by atoms with Crippen LogP contribution in [0.25, 0.3) is 5.65 Å². The molecule has 0 aromatic carbocycles. The molecule has 25 heavy (non-hydrogen) atoms. The van der Waals surface area contributed by atoms with E-state index in [1.54, 1.807) is 35.3 Å². The fraction of sp³-hybridized carbons (Fsp3) is 0.333. The number of carbonyl (C=O) groups excluding carboxylic acids is 1. The van der Waals surface area contributed by atoms with Gasteiger partial charge in [-0.25, -0.2) is 0 Å². The number of nitrogens with one attached hydrogen (secondary N) is 1. The van der Waals surface area contributed by atoms with Crippen LogP contribution in [0.15, 0.2) is 49.1 Å². The van der Waals surface area contributed by atoms with Gasteiger partial charge in [-0.3, -0.25) is 14.2 Å². The Morgan fingerprint density at radius 1 is 1.36 bits per heavy atom. The van der Waals surface area contributed by atoms with Gasteiger partial charge in [0.25, 0.3) is 5.91 Å². The molecular formula is C18H19N5O2. The summed E-state index contributed by atoms with van der Waals surface area (Å²) in [6, 6.07) is 9.18. The third-order valence-electron chi connectivity index (χ3n) is 4.75. The number of hydrogen-bond donors (Lipinski definition) is 2. The average molecular weight is 337 g/mol. The lowest BCUT2D eigenvalue weighted by molar-refractivity contribution is 0.0238. The van der Waals surface area contributed by atoms with Crippen molar-refractivity contribution >= 4 is 11.6 Å². The van der Waals surface area contributed by atoms with E-state index >= 15 is 0 Å². The van der Waals surface area contributed by atoms with E-state index in [1.165, 1.54) is 0 Å². The molecule has 0 aliphatic heterocycles. The number of aromatic nitrogens is 4. The smallest absolute Gasteiger partial charge is 0.251 e. The molecule has 1 aliphatic carbocycles. The lowest BCUT2D eigenvalue weighted by Crippen LogP contribution is -2.48. The summed E-state index contributed by atoms with van der Waals surface area (Å²) >= 11 is 0. The minimum absolute atomic E-state index is 0.0557. The number of amides is 1. The number of aliphatic hydroxyl groups is 1. The van der Waals surface area contributed by atoms with Gasteiger partial charge in [-0.2, -0.15) is 0 Å². The highest BCUT2D eigenvalue weighted by Crippen LogP contribution is 2.31. The first-order valence-electron chi connectivity index (χ1n) is 8.37. The Bertz CT molecular complexity index is 873. The maximum atomic E-state index is 12.7. The second kappa shape index (κ2) is 6.60. The number of pyridine rings is 2. The van der Waals surface area contributed by atoms with Gasteiger partial charge in [0.1, 0.15) is 6.33 Å². The standard InChI is InChI=1S/C18H19N5O2/c24-15-7-13(8-15)16(10-14-3-1-2-5-19-14)21-18(25)12-4-6-23-11-20-22-17(23)9-12/h1-6,9,11,13,15-16,24H,7-8,10H2,(H,21,25)/t13?,15?,16-/m0/s1. The summed E-state index contributed by atoms with van der Waals surface area (Å²) in [6.45, 7) is 0. The van der Waals surface area contributed by atoms with Crippen molar-refractivity contribution in [3.63, 3.8) is 0 Å². The Morgan fingerprint density at radius 3 is 3.00 bits per heavy atom. The van der Waals surface area contributed by atoms with Crippen molar-refractivity contribution in [3.8, 4) is 0 Å². The molecular weight excluding hydrogens is 318 g/mol. The number of hydrogen-bond acceptors (Lipinski definition) is 5. The molecule has 7 heteroatoms. The lowest BCUT2D eigenvalue weighted by Gasteiger charge is -2.38. The SMILES string of the molecule is O=C(N[C@@H](Cc1ccccn1)C1CC(O)C1)c1ccn2cnnc2c1. The molecule has 1 aliphatic rings. The predicted octanol–water partition coefficient (Wildman–Crippen LogP) is 1.24. The lowest BCUT2D eigenvalue weighted by atomic mass is 9.76. The summed E-state index contributed by atoms with van der Waals surface area (Å²) < 4.78 is 1.75. The summed E-state index contributed by atoms with van der Waals surface area (Å²) in [5.74, 6) is 0.116. The van der Waals surface area contributed by atoms with E-state index in [0.717, 1.165) is 5.69 Å². The highest BCUT2D eigenvalue weighted by Gasteiger charge is 2.35. The zero-order valence-electron chi connectivity index (χ0n) is 13.6. The second-order valence-electron chi connectivity index (χ2n) is 6.50. The van der Waals surface area contributed by atoms with Gasteiger partial charge in [-0.15, -0.1) is 10.2 Å². The van der Waals surface area contributed by atoms with E-state index in [0.29, 0.717) is 30.5 Å². The van der Waals surface area contributed by atoms with Crippen molar-refractivity contribution in [1.82, 2.24) is 24.9 Å². The molecule has 1 saturated carbocycles. The van der Waals surface area contributed by atoms with Crippen molar-refractivity contribution in [2.75, 3.05) is 0 Å². The molecule has 1 atom stereocenters. The van der Waals surface area contributed by atoms with Crippen molar-refractivity contribution in [1.29, 1.82) is 0 Å². The fourth-order valence-electron chi connectivity index (χ4n) is 3.25. The quantitative estimate of drug-likeness (QED) is 0.731. The Balaban J connectivity index is 1.51. The minimum atomic E-state index is -0.263.